The van der Waals surface area contributed by atoms with Crippen LogP contribution < -0.4 is 4.90 Å². The minimum Gasteiger partial charge on any atom is -0.465 e. The van der Waals surface area contributed by atoms with Gasteiger partial charge in [0.2, 0.25) is 0 Å². The molecule has 0 amide bonds. The van der Waals surface area contributed by atoms with E-state index in [4.69, 9.17) is 5.26 Å². The third-order valence-electron chi connectivity index (χ3n) is 3.20. The van der Waals surface area contributed by atoms with Crippen molar-refractivity contribution in [3.63, 3.8) is 0 Å². The van der Waals surface area contributed by atoms with E-state index < -0.39 is 11.9 Å². The summed E-state index contributed by atoms with van der Waals surface area (Å²) < 4.78 is 31.0. The van der Waals surface area contributed by atoms with Crippen molar-refractivity contribution in [1.82, 2.24) is 4.98 Å². The molecule has 0 radical (unpaired) electrons. The maximum Gasteiger partial charge on any atom is 0.341 e. The fourth-order valence-corrected chi connectivity index (χ4v) is 2.08. The lowest BCUT2D eigenvalue weighted by atomic mass is 10.1. The summed E-state index contributed by atoms with van der Waals surface area (Å²) in [6, 6.07) is 3.24. The number of anilines is 1. The quantitative estimate of drug-likeness (QED) is 0.775. The Hall–Kier alpha value is -2.23. The number of nitrogens with zero attached hydrogens (tertiary/aromatic N) is 3. The molecule has 0 spiro atoms. The van der Waals surface area contributed by atoms with Crippen molar-refractivity contribution in [2.75, 3.05) is 25.1 Å². The lowest BCUT2D eigenvalue weighted by Gasteiger charge is -2.33. The molecule has 1 aromatic heterocycles. The summed E-state index contributed by atoms with van der Waals surface area (Å²) in [7, 11) is 1.22. The zero-order valence-electron chi connectivity index (χ0n) is 10.9. The van der Waals surface area contributed by atoms with Gasteiger partial charge in [0.25, 0.3) is 5.92 Å². The first-order valence-electron chi connectivity index (χ1n) is 6.08. The van der Waals surface area contributed by atoms with Crippen LogP contribution in [0.3, 0.4) is 0 Å². The molecule has 7 heteroatoms. The van der Waals surface area contributed by atoms with Crippen molar-refractivity contribution < 1.29 is 18.3 Å². The monoisotopic (exact) mass is 281 g/mol. The summed E-state index contributed by atoms with van der Waals surface area (Å²) in [4.78, 5) is 17.4. The van der Waals surface area contributed by atoms with Crippen LogP contribution in [0.1, 0.15) is 28.8 Å². The number of carbonyl (C=O) groups is 1. The summed E-state index contributed by atoms with van der Waals surface area (Å²) in [6.45, 7) is 0.214. The molecule has 106 valence electrons. The van der Waals surface area contributed by atoms with Gasteiger partial charge in [0.1, 0.15) is 17.5 Å². The van der Waals surface area contributed by atoms with E-state index in [1.54, 1.807) is 4.90 Å². The standard InChI is InChI=1S/C13H13F2N3O2/c1-20-12(19)10-6-9(7-16)8-17-11(10)18-4-2-13(14,15)3-5-18/h6,8H,2-5H2,1H3. The van der Waals surface area contributed by atoms with E-state index in [2.05, 4.69) is 9.72 Å². The van der Waals surface area contributed by atoms with Crippen LogP contribution in [0.15, 0.2) is 12.3 Å². The lowest BCUT2D eigenvalue weighted by molar-refractivity contribution is -0.0221. The van der Waals surface area contributed by atoms with Gasteiger partial charge in [-0.3, -0.25) is 0 Å². The molecule has 1 aliphatic rings. The first-order valence-corrected chi connectivity index (χ1v) is 6.08. The summed E-state index contributed by atoms with van der Waals surface area (Å²) in [5.41, 5.74) is 0.341. The highest BCUT2D eigenvalue weighted by molar-refractivity contribution is 5.95. The van der Waals surface area contributed by atoms with Gasteiger partial charge < -0.3 is 9.64 Å². The number of hydrogen-bond donors (Lipinski definition) is 0. The van der Waals surface area contributed by atoms with Crippen molar-refractivity contribution in [1.29, 1.82) is 5.26 Å². The van der Waals surface area contributed by atoms with Gasteiger partial charge in [0.05, 0.1) is 12.7 Å². The average Bonchev–Trinajstić information content (AvgIpc) is 2.46. The van der Waals surface area contributed by atoms with Crippen molar-refractivity contribution in [3.05, 3.63) is 23.4 Å². The van der Waals surface area contributed by atoms with Crippen LogP contribution in [0.5, 0.6) is 0 Å². The fraction of sp³-hybridized carbons (Fsp3) is 0.462. The van der Waals surface area contributed by atoms with Gasteiger partial charge in [-0.05, 0) is 6.07 Å². The summed E-state index contributed by atoms with van der Waals surface area (Å²) in [5, 5.41) is 8.83. The Morgan fingerprint density at radius 1 is 1.50 bits per heavy atom. The van der Waals surface area contributed by atoms with Gasteiger partial charge in [-0.25, -0.2) is 18.6 Å². The van der Waals surface area contributed by atoms with Crippen molar-refractivity contribution in [2.45, 2.75) is 18.8 Å². The second-order valence-corrected chi connectivity index (χ2v) is 4.54. The lowest BCUT2D eigenvalue weighted by Crippen LogP contribution is -2.40. The number of nitriles is 1. The Balaban J connectivity index is 2.32. The van der Waals surface area contributed by atoms with Crippen LogP contribution in [0, 0.1) is 11.3 Å². The minimum absolute atomic E-state index is 0.107. The Bertz CT molecular complexity index is 559. The molecule has 0 N–H and O–H groups in total. The minimum atomic E-state index is -2.67. The van der Waals surface area contributed by atoms with Gasteiger partial charge in [0.15, 0.2) is 0 Å². The molecule has 0 atom stereocenters. The topological polar surface area (TPSA) is 66.2 Å². The first-order chi connectivity index (χ1) is 9.46. The van der Waals surface area contributed by atoms with Gasteiger partial charge in [-0.15, -0.1) is 0 Å². The van der Waals surface area contributed by atoms with Gasteiger partial charge in [0, 0.05) is 32.1 Å². The van der Waals surface area contributed by atoms with E-state index in [0.717, 1.165) is 0 Å². The zero-order chi connectivity index (χ0) is 14.8. The molecule has 1 fully saturated rings. The second-order valence-electron chi connectivity index (χ2n) is 4.54. The van der Waals surface area contributed by atoms with Crippen LogP contribution in [0.25, 0.3) is 0 Å². The van der Waals surface area contributed by atoms with E-state index in [1.165, 1.54) is 19.4 Å². The van der Waals surface area contributed by atoms with E-state index in [9.17, 15) is 13.6 Å². The molecular formula is C13H13F2N3O2. The number of methoxy groups -OCH3 is 1. The summed E-state index contributed by atoms with van der Waals surface area (Å²) >= 11 is 0. The SMILES string of the molecule is COC(=O)c1cc(C#N)cnc1N1CCC(F)(F)CC1. The number of carbonyl (C=O) groups excluding carboxylic acids is 1. The van der Waals surface area contributed by atoms with E-state index in [1.807, 2.05) is 6.07 Å². The fourth-order valence-electron chi connectivity index (χ4n) is 2.08. The highest BCUT2D eigenvalue weighted by Gasteiger charge is 2.35. The number of piperidine rings is 1. The zero-order valence-corrected chi connectivity index (χ0v) is 10.9. The van der Waals surface area contributed by atoms with Gasteiger partial charge in [-0.2, -0.15) is 5.26 Å². The molecule has 5 nitrogen and oxygen atoms in total. The number of hydrogen-bond acceptors (Lipinski definition) is 5. The largest absolute Gasteiger partial charge is 0.465 e. The molecule has 1 saturated heterocycles. The summed E-state index contributed by atoms with van der Waals surface area (Å²) in [5.74, 6) is -3.03. The number of pyridine rings is 1. The number of aromatic nitrogens is 1. The van der Waals surface area contributed by atoms with Crippen LogP contribution in [0.4, 0.5) is 14.6 Å². The highest BCUT2D eigenvalue weighted by Crippen LogP contribution is 2.31. The molecule has 1 aromatic rings. The van der Waals surface area contributed by atoms with Gasteiger partial charge in [-0.1, -0.05) is 0 Å². The van der Waals surface area contributed by atoms with Crippen LogP contribution in [-0.2, 0) is 4.74 Å². The predicted octanol–water partition coefficient (Wildman–Crippen LogP) is 1.98. The summed E-state index contributed by atoms with van der Waals surface area (Å²) in [6.07, 6.45) is 0.749. The molecule has 20 heavy (non-hydrogen) atoms. The second kappa shape index (κ2) is 5.41. The van der Waals surface area contributed by atoms with Crippen molar-refractivity contribution in [3.8, 4) is 6.07 Å². The molecule has 2 rings (SSSR count). The van der Waals surface area contributed by atoms with Crippen molar-refractivity contribution in [2.24, 2.45) is 0 Å². The predicted molar refractivity (Wildman–Crippen MR) is 66.7 cm³/mol. The molecule has 1 aliphatic heterocycles. The maximum atomic E-state index is 13.2. The molecule has 0 aliphatic carbocycles. The van der Waals surface area contributed by atoms with E-state index in [-0.39, 0.29) is 42.9 Å². The number of alkyl halides is 2. The Kier molecular flexibility index (Phi) is 3.84. The van der Waals surface area contributed by atoms with Crippen LogP contribution in [-0.4, -0.2) is 37.1 Å². The number of esters is 1. The van der Waals surface area contributed by atoms with Gasteiger partial charge >= 0.3 is 5.97 Å². The first kappa shape index (κ1) is 14.2. The number of halogens is 2. The molecule has 0 saturated carbocycles. The third-order valence-corrected chi connectivity index (χ3v) is 3.20. The van der Waals surface area contributed by atoms with Crippen molar-refractivity contribution >= 4 is 11.8 Å². The molecule has 0 bridgehead atoms. The normalized spacial score (nSPS) is 17.4. The van der Waals surface area contributed by atoms with Crippen LogP contribution in [0.2, 0.25) is 0 Å². The molecule has 0 aromatic carbocycles. The third kappa shape index (κ3) is 2.85. The Morgan fingerprint density at radius 2 is 2.15 bits per heavy atom. The average molecular weight is 281 g/mol. The number of ether oxygens (including phenoxy) is 1. The van der Waals surface area contributed by atoms with E-state index >= 15 is 0 Å². The Labute approximate surface area is 114 Å². The molecule has 2 heterocycles. The smallest absolute Gasteiger partial charge is 0.341 e. The molecule has 0 unspecified atom stereocenters. The Morgan fingerprint density at radius 3 is 2.70 bits per heavy atom. The molecular weight excluding hydrogens is 268 g/mol. The highest BCUT2D eigenvalue weighted by atomic mass is 19.3. The number of rotatable bonds is 2. The van der Waals surface area contributed by atoms with Crippen LogP contribution >= 0.6 is 0 Å². The van der Waals surface area contributed by atoms with E-state index in [0.29, 0.717) is 0 Å². The maximum absolute atomic E-state index is 13.2.